The number of rotatable bonds is 10. The largest absolute Gasteiger partial charge is 0.481 e. The van der Waals surface area contributed by atoms with Crippen molar-refractivity contribution in [3.8, 4) is 11.5 Å². The topological polar surface area (TPSA) is 167 Å². The molecule has 3 N–H and O–H groups in total. The van der Waals surface area contributed by atoms with Crippen LogP contribution in [-0.2, 0) is 29.4 Å². The highest BCUT2D eigenvalue weighted by Crippen LogP contribution is 2.39. The Hall–Kier alpha value is -3.00. The Morgan fingerprint density at radius 2 is 1.43 bits per heavy atom. The van der Waals surface area contributed by atoms with Gasteiger partial charge in [-0.3, -0.25) is 14.8 Å². The first-order valence-electron chi connectivity index (χ1n) is 10.7. The maximum atomic E-state index is 13.5. The minimum atomic E-state index is -4.33. The third-order valence-corrected chi connectivity index (χ3v) is 8.97. The summed E-state index contributed by atoms with van der Waals surface area (Å²) in [4.78, 5) is 23.7. The van der Waals surface area contributed by atoms with E-state index < -0.39 is 50.2 Å². The fourth-order valence-electron chi connectivity index (χ4n) is 4.11. The number of nitrogens with one attached hydrogen (secondary N) is 1. The van der Waals surface area contributed by atoms with Gasteiger partial charge in [0.05, 0.1) is 16.2 Å². The van der Waals surface area contributed by atoms with Gasteiger partial charge in [-0.1, -0.05) is 12.8 Å². The molecular formula is C22H26N2O9S2. The molecule has 1 aliphatic rings. The Bertz CT molecular complexity index is 1280. The van der Waals surface area contributed by atoms with E-state index in [1.54, 1.807) is 0 Å². The molecule has 0 unspecified atom stereocenters. The van der Waals surface area contributed by atoms with Gasteiger partial charge in [0.25, 0.3) is 5.91 Å². The van der Waals surface area contributed by atoms with E-state index in [0.29, 0.717) is 18.6 Å². The van der Waals surface area contributed by atoms with Crippen molar-refractivity contribution in [2.45, 2.75) is 47.4 Å². The van der Waals surface area contributed by atoms with Crippen molar-refractivity contribution < 1.29 is 41.5 Å². The smallest absolute Gasteiger partial charge is 0.304 e. The van der Waals surface area contributed by atoms with E-state index in [9.17, 15) is 31.6 Å². The van der Waals surface area contributed by atoms with Gasteiger partial charge in [-0.25, -0.2) is 22.3 Å². The average molecular weight is 527 g/mol. The van der Waals surface area contributed by atoms with E-state index in [1.165, 1.54) is 54.0 Å². The van der Waals surface area contributed by atoms with Crippen molar-refractivity contribution in [1.82, 2.24) is 9.79 Å². The van der Waals surface area contributed by atoms with Crippen LogP contribution >= 0.6 is 0 Å². The van der Waals surface area contributed by atoms with Crippen LogP contribution in [0.4, 0.5) is 0 Å². The van der Waals surface area contributed by atoms with Crippen LogP contribution < -0.4 is 10.2 Å². The van der Waals surface area contributed by atoms with Crippen LogP contribution in [0.1, 0.15) is 32.1 Å². The van der Waals surface area contributed by atoms with Crippen LogP contribution in [0.25, 0.3) is 0 Å². The normalized spacial score (nSPS) is 15.6. The number of carbonyl (C=O) groups is 2. The number of sulfonamides is 1. The van der Waals surface area contributed by atoms with Crippen molar-refractivity contribution in [3.05, 3.63) is 48.5 Å². The molecule has 0 bridgehead atoms. The second-order valence-electron chi connectivity index (χ2n) is 8.22. The number of carbonyl (C=O) groups excluding carboxylic acids is 1. The van der Waals surface area contributed by atoms with E-state index >= 15 is 0 Å². The minimum absolute atomic E-state index is 0.125. The van der Waals surface area contributed by atoms with Crippen LogP contribution in [0, 0.1) is 0 Å². The Labute approximate surface area is 203 Å². The standard InChI is InChI=1S/C22H26N2O9S2/c1-34(29,30)18-8-4-16(5-9-18)33-17-6-10-19(11-7-17)35(31,32)24(15-12-20(25)26)22(21(27)23-28)13-2-3-14-22/h4-11,28H,2-3,12-15H2,1H3,(H,23,27)(H,25,26). The summed E-state index contributed by atoms with van der Waals surface area (Å²) in [6, 6.07) is 11.0. The zero-order valence-electron chi connectivity index (χ0n) is 18.9. The predicted molar refractivity (Wildman–Crippen MR) is 123 cm³/mol. The number of nitrogens with zero attached hydrogens (tertiary/aromatic N) is 1. The molecule has 0 atom stereocenters. The van der Waals surface area contributed by atoms with Crippen LogP contribution in [-0.4, -0.2) is 61.7 Å². The number of ether oxygens (including phenoxy) is 1. The summed E-state index contributed by atoms with van der Waals surface area (Å²) in [7, 11) is -7.69. The first-order valence-corrected chi connectivity index (χ1v) is 14.0. The Morgan fingerprint density at radius 3 is 1.86 bits per heavy atom. The molecule has 2 aromatic carbocycles. The lowest BCUT2D eigenvalue weighted by atomic mass is 9.96. The summed E-state index contributed by atoms with van der Waals surface area (Å²) in [5.41, 5.74) is -0.0588. The Morgan fingerprint density at radius 1 is 0.943 bits per heavy atom. The summed E-state index contributed by atoms with van der Waals surface area (Å²) in [6.07, 6.45) is 1.92. The van der Waals surface area contributed by atoms with Crippen molar-refractivity contribution in [2.75, 3.05) is 12.8 Å². The lowest BCUT2D eigenvalue weighted by Gasteiger charge is -2.38. The number of amides is 1. The van der Waals surface area contributed by atoms with Crippen molar-refractivity contribution in [3.63, 3.8) is 0 Å². The monoisotopic (exact) mass is 526 g/mol. The first kappa shape index (κ1) is 26.6. The number of hydrogen-bond donors (Lipinski definition) is 3. The zero-order valence-corrected chi connectivity index (χ0v) is 20.5. The van der Waals surface area contributed by atoms with Crippen LogP contribution in [0.2, 0.25) is 0 Å². The quantitative estimate of drug-likeness (QED) is 0.310. The molecule has 2 aromatic rings. The van der Waals surface area contributed by atoms with Gasteiger partial charge < -0.3 is 9.84 Å². The van der Waals surface area contributed by atoms with Gasteiger partial charge in [0, 0.05) is 12.8 Å². The highest BCUT2D eigenvalue weighted by atomic mass is 32.2. The van der Waals surface area contributed by atoms with Gasteiger partial charge in [-0.05, 0) is 61.4 Å². The minimum Gasteiger partial charge on any atom is -0.481 e. The van der Waals surface area contributed by atoms with Crippen molar-refractivity contribution >= 4 is 31.7 Å². The maximum Gasteiger partial charge on any atom is 0.304 e. The molecule has 11 nitrogen and oxygen atoms in total. The molecule has 35 heavy (non-hydrogen) atoms. The van der Waals surface area contributed by atoms with Gasteiger partial charge in [0.2, 0.25) is 10.0 Å². The molecule has 0 aliphatic heterocycles. The van der Waals surface area contributed by atoms with E-state index in [0.717, 1.165) is 10.6 Å². The second-order valence-corrected chi connectivity index (χ2v) is 12.1. The summed E-state index contributed by atoms with van der Waals surface area (Å²) >= 11 is 0. The molecule has 1 fully saturated rings. The molecule has 3 rings (SSSR count). The van der Waals surface area contributed by atoms with Gasteiger partial charge in [0.1, 0.15) is 17.0 Å². The highest BCUT2D eigenvalue weighted by molar-refractivity contribution is 7.90. The number of hydrogen-bond acceptors (Lipinski definition) is 8. The van der Waals surface area contributed by atoms with Gasteiger partial charge in [-0.2, -0.15) is 4.31 Å². The number of sulfone groups is 1. The van der Waals surface area contributed by atoms with Crippen LogP contribution in [0.3, 0.4) is 0 Å². The molecule has 1 aliphatic carbocycles. The third-order valence-electron chi connectivity index (χ3n) is 5.86. The fourth-order valence-corrected chi connectivity index (χ4v) is 6.54. The molecule has 0 saturated heterocycles. The van der Waals surface area contributed by atoms with E-state index in [1.807, 2.05) is 0 Å². The summed E-state index contributed by atoms with van der Waals surface area (Å²) in [5, 5.41) is 18.4. The van der Waals surface area contributed by atoms with Crippen molar-refractivity contribution in [1.29, 1.82) is 0 Å². The average Bonchev–Trinajstić information content (AvgIpc) is 3.29. The lowest BCUT2D eigenvalue weighted by Crippen LogP contribution is -2.59. The summed E-state index contributed by atoms with van der Waals surface area (Å²) < 4.78 is 56.7. The molecule has 1 amide bonds. The number of aliphatic carboxylic acids is 1. The molecule has 1 saturated carbocycles. The zero-order chi connectivity index (χ0) is 25.9. The van der Waals surface area contributed by atoms with Crippen LogP contribution in [0.5, 0.6) is 11.5 Å². The molecule has 0 radical (unpaired) electrons. The van der Waals surface area contributed by atoms with Crippen LogP contribution in [0.15, 0.2) is 58.3 Å². The number of hydroxylamine groups is 1. The predicted octanol–water partition coefficient (Wildman–Crippen LogP) is 2.17. The van der Waals surface area contributed by atoms with E-state index in [2.05, 4.69) is 0 Å². The Balaban J connectivity index is 1.89. The molecule has 13 heteroatoms. The number of benzene rings is 2. The summed E-state index contributed by atoms with van der Waals surface area (Å²) in [5.74, 6) is -1.52. The van der Waals surface area contributed by atoms with Gasteiger partial charge >= 0.3 is 5.97 Å². The van der Waals surface area contributed by atoms with Gasteiger partial charge in [0.15, 0.2) is 9.84 Å². The molecule has 0 heterocycles. The third kappa shape index (κ3) is 5.81. The second kappa shape index (κ2) is 10.3. The first-order chi connectivity index (χ1) is 16.4. The van der Waals surface area contributed by atoms with Gasteiger partial charge in [-0.15, -0.1) is 0 Å². The van der Waals surface area contributed by atoms with E-state index in [-0.39, 0.29) is 28.4 Å². The van der Waals surface area contributed by atoms with Crippen molar-refractivity contribution in [2.24, 2.45) is 0 Å². The SMILES string of the molecule is CS(=O)(=O)c1ccc(Oc2ccc(S(=O)(=O)N(CCC(=O)O)C3(C(=O)NO)CCCC3)cc2)cc1. The molecule has 0 spiro atoms. The summed E-state index contributed by atoms with van der Waals surface area (Å²) in [6.45, 7) is -0.448. The maximum absolute atomic E-state index is 13.5. The molecule has 190 valence electrons. The van der Waals surface area contributed by atoms with E-state index in [4.69, 9.17) is 9.84 Å². The lowest BCUT2D eigenvalue weighted by molar-refractivity contribution is -0.141. The fraction of sp³-hybridized carbons (Fsp3) is 0.364. The number of carboxylic acids is 1. The highest BCUT2D eigenvalue weighted by Gasteiger charge is 2.51. The number of carboxylic acid groups (broad SMARTS) is 1. The molecule has 0 aromatic heterocycles. The molecular weight excluding hydrogens is 500 g/mol. The Kier molecular flexibility index (Phi) is 7.84.